The molecule has 162 valence electrons. The summed E-state index contributed by atoms with van der Waals surface area (Å²) in [5.41, 5.74) is 1.32. The summed E-state index contributed by atoms with van der Waals surface area (Å²) in [5, 5.41) is 6.70. The van der Waals surface area contributed by atoms with Crippen LogP contribution in [0.2, 0.25) is 0 Å². The summed E-state index contributed by atoms with van der Waals surface area (Å²) in [6.07, 6.45) is 2.80. The zero-order valence-electron chi connectivity index (χ0n) is 17.8. The average Bonchev–Trinajstić information content (AvgIpc) is 2.64. The first-order valence-electron chi connectivity index (χ1n) is 9.71. The number of benzene rings is 1. The molecule has 2 N–H and O–H groups in total. The van der Waals surface area contributed by atoms with Crippen molar-refractivity contribution >= 4 is 39.8 Å². The van der Waals surface area contributed by atoms with Crippen LogP contribution in [-0.2, 0) is 16.3 Å². The maximum Gasteiger partial charge on any atom is 0.191 e. The van der Waals surface area contributed by atoms with Crippen LogP contribution in [0.3, 0.4) is 0 Å². The first-order valence-corrected chi connectivity index (χ1v) is 11.8. The fourth-order valence-corrected chi connectivity index (χ4v) is 3.84. The summed E-state index contributed by atoms with van der Waals surface area (Å²) in [7, 11) is -1.21. The van der Waals surface area contributed by atoms with E-state index >= 15 is 0 Å². The molecular formula is C20H37IN4O2S. The fourth-order valence-electron chi connectivity index (χ4n) is 3.06. The molecule has 1 rings (SSSR count). The molecule has 0 heterocycles. The molecule has 0 aliphatic heterocycles. The van der Waals surface area contributed by atoms with E-state index in [1.54, 1.807) is 7.05 Å². The molecular weight excluding hydrogens is 487 g/mol. The largest absolute Gasteiger partial charge is 0.355 e. The predicted molar refractivity (Wildman–Crippen MR) is 131 cm³/mol. The van der Waals surface area contributed by atoms with Gasteiger partial charge in [-0.1, -0.05) is 44.2 Å². The number of nitrogens with zero attached hydrogens (tertiary/aromatic N) is 2. The van der Waals surface area contributed by atoms with Crippen LogP contribution in [0.25, 0.3) is 0 Å². The molecule has 0 saturated carbocycles. The summed E-state index contributed by atoms with van der Waals surface area (Å²) in [6, 6.07) is 10.9. The zero-order chi connectivity index (χ0) is 20.3. The Morgan fingerprint density at radius 2 is 1.79 bits per heavy atom. The van der Waals surface area contributed by atoms with Crippen LogP contribution in [0.5, 0.6) is 0 Å². The number of hydrogen-bond acceptors (Lipinski definition) is 4. The number of sulfone groups is 1. The summed E-state index contributed by atoms with van der Waals surface area (Å²) >= 11 is 0. The third-order valence-electron chi connectivity index (χ3n) is 4.68. The van der Waals surface area contributed by atoms with Crippen molar-refractivity contribution in [2.45, 2.75) is 45.7 Å². The van der Waals surface area contributed by atoms with E-state index in [0.29, 0.717) is 18.4 Å². The Balaban J connectivity index is 0.00000729. The van der Waals surface area contributed by atoms with Gasteiger partial charge in [-0.15, -0.1) is 24.0 Å². The van der Waals surface area contributed by atoms with Crippen molar-refractivity contribution in [3.8, 4) is 0 Å². The average molecular weight is 525 g/mol. The minimum absolute atomic E-state index is 0. The second kappa shape index (κ2) is 14.2. The molecule has 28 heavy (non-hydrogen) atoms. The number of rotatable bonds is 11. The van der Waals surface area contributed by atoms with Crippen LogP contribution in [0.4, 0.5) is 0 Å². The van der Waals surface area contributed by atoms with Crippen LogP contribution >= 0.6 is 24.0 Å². The molecule has 0 bridgehead atoms. The van der Waals surface area contributed by atoms with Gasteiger partial charge in [0.15, 0.2) is 5.96 Å². The molecule has 8 heteroatoms. The maximum absolute atomic E-state index is 11.3. The van der Waals surface area contributed by atoms with Crippen molar-refractivity contribution in [1.82, 2.24) is 15.5 Å². The number of aliphatic imine (C=N–C) groups is 1. The van der Waals surface area contributed by atoms with Crippen molar-refractivity contribution in [2.75, 3.05) is 38.7 Å². The van der Waals surface area contributed by atoms with E-state index in [4.69, 9.17) is 0 Å². The van der Waals surface area contributed by atoms with Crippen molar-refractivity contribution in [1.29, 1.82) is 0 Å². The van der Waals surface area contributed by atoms with E-state index < -0.39 is 9.84 Å². The number of hydrogen-bond donors (Lipinski definition) is 2. The first kappa shape index (κ1) is 27.1. The van der Waals surface area contributed by atoms with E-state index in [-0.39, 0.29) is 35.8 Å². The van der Waals surface area contributed by atoms with Crippen LogP contribution in [0, 0.1) is 0 Å². The van der Waals surface area contributed by atoms with Crippen molar-refractivity contribution in [3.05, 3.63) is 35.9 Å². The highest BCUT2D eigenvalue weighted by molar-refractivity contribution is 14.0. The molecule has 1 aromatic carbocycles. The van der Waals surface area contributed by atoms with Gasteiger partial charge in [0.1, 0.15) is 9.84 Å². The summed E-state index contributed by atoms with van der Waals surface area (Å²) in [5.74, 6) is 0.884. The van der Waals surface area contributed by atoms with Crippen molar-refractivity contribution in [2.24, 2.45) is 4.99 Å². The molecule has 0 radical (unpaired) electrons. The lowest BCUT2D eigenvalue weighted by molar-refractivity contribution is 0.215. The molecule has 1 aromatic rings. The SMILES string of the molecule is CCN(CC)C(CNC(=NC)NC(C)CCS(C)(=O)=O)Cc1ccccc1.I. The third kappa shape index (κ3) is 11.2. The van der Waals surface area contributed by atoms with E-state index in [1.165, 1.54) is 11.8 Å². The highest BCUT2D eigenvalue weighted by Crippen LogP contribution is 2.08. The molecule has 2 unspecified atom stereocenters. The van der Waals surface area contributed by atoms with Crippen LogP contribution < -0.4 is 10.6 Å². The summed E-state index contributed by atoms with van der Waals surface area (Å²) < 4.78 is 22.7. The van der Waals surface area contributed by atoms with Gasteiger partial charge in [0, 0.05) is 31.9 Å². The smallest absolute Gasteiger partial charge is 0.191 e. The highest BCUT2D eigenvalue weighted by atomic mass is 127. The summed E-state index contributed by atoms with van der Waals surface area (Å²) in [4.78, 5) is 6.73. The molecule has 0 fully saturated rings. The minimum Gasteiger partial charge on any atom is -0.355 e. The lowest BCUT2D eigenvalue weighted by Gasteiger charge is -2.31. The Morgan fingerprint density at radius 1 is 1.18 bits per heavy atom. The van der Waals surface area contributed by atoms with Crippen LogP contribution in [0.1, 0.15) is 32.8 Å². The van der Waals surface area contributed by atoms with Gasteiger partial charge in [-0.2, -0.15) is 0 Å². The van der Waals surface area contributed by atoms with E-state index in [2.05, 4.69) is 58.6 Å². The summed E-state index contributed by atoms with van der Waals surface area (Å²) in [6.45, 7) is 9.10. The lowest BCUT2D eigenvalue weighted by atomic mass is 10.0. The number of likely N-dealkylation sites (N-methyl/N-ethyl adjacent to an activating group) is 1. The predicted octanol–water partition coefficient (Wildman–Crippen LogP) is 2.55. The molecule has 0 aromatic heterocycles. The van der Waals surface area contributed by atoms with Gasteiger partial charge in [-0.25, -0.2) is 8.42 Å². The van der Waals surface area contributed by atoms with Crippen LogP contribution in [-0.4, -0.2) is 70.1 Å². The van der Waals surface area contributed by atoms with Gasteiger partial charge in [0.2, 0.25) is 0 Å². The second-order valence-corrected chi connectivity index (χ2v) is 9.24. The van der Waals surface area contributed by atoms with Gasteiger partial charge in [-0.3, -0.25) is 9.89 Å². The number of guanidine groups is 1. The van der Waals surface area contributed by atoms with Gasteiger partial charge in [-0.05, 0) is 38.4 Å². The van der Waals surface area contributed by atoms with Gasteiger partial charge in [0.25, 0.3) is 0 Å². The Labute approximate surface area is 188 Å². The highest BCUT2D eigenvalue weighted by Gasteiger charge is 2.17. The van der Waals surface area contributed by atoms with Crippen molar-refractivity contribution in [3.63, 3.8) is 0 Å². The second-order valence-electron chi connectivity index (χ2n) is 6.98. The van der Waals surface area contributed by atoms with E-state index in [9.17, 15) is 8.42 Å². The fraction of sp³-hybridized carbons (Fsp3) is 0.650. The standard InChI is InChI=1S/C20H36N4O2S.HI/c1-6-24(7-2)19(15-18-11-9-8-10-12-18)16-22-20(21-4)23-17(3)13-14-27(5,25)26;/h8-12,17,19H,6-7,13-16H2,1-5H3,(H2,21,22,23);1H. The van der Waals surface area contributed by atoms with Gasteiger partial charge >= 0.3 is 0 Å². The normalized spacial score (nSPS) is 14.3. The third-order valence-corrected chi connectivity index (χ3v) is 5.65. The maximum atomic E-state index is 11.3. The molecule has 6 nitrogen and oxygen atoms in total. The Morgan fingerprint density at radius 3 is 2.29 bits per heavy atom. The molecule has 0 amide bonds. The first-order chi connectivity index (χ1) is 12.8. The quantitative estimate of drug-likeness (QED) is 0.265. The van der Waals surface area contributed by atoms with Crippen molar-refractivity contribution < 1.29 is 8.42 Å². The molecule has 0 aliphatic rings. The molecule has 2 atom stereocenters. The molecule has 0 spiro atoms. The number of halogens is 1. The van der Waals surface area contributed by atoms with Gasteiger partial charge in [0.05, 0.1) is 5.75 Å². The Bertz CT molecular complexity index is 664. The topological polar surface area (TPSA) is 73.8 Å². The van der Waals surface area contributed by atoms with Crippen LogP contribution in [0.15, 0.2) is 35.3 Å². The Kier molecular flexibility index (Phi) is 13.7. The molecule has 0 saturated heterocycles. The number of nitrogens with one attached hydrogen (secondary N) is 2. The molecule has 0 aliphatic carbocycles. The zero-order valence-corrected chi connectivity index (χ0v) is 21.0. The van der Waals surface area contributed by atoms with E-state index in [1.807, 2.05) is 13.0 Å². The Hall–Kier alpha value is -0.870. The lowest BCUT2D eigenvalue weighted by Crippen LogP contribution is -2.49. The van der Waals surface area contributed by atoms with E-state index in [0.717, 1.165) is 26.1 Å². The monoisotopic (exact) mass is 524 g/mol. The minimum atomic E-state index is -2.95. The van der Waals surface area contributed by atoms with Gasteiger partial charge < -0.3 is 10.6 Å².